The normalized spacial score (nSPS) is 14.3. The van der Waals surface area contributed by atoms with Crippen molar-refractivity contribution in [3.8, 4) is 0 Å². The van der Waals surface area contributed by atoms with Crippen LogP contribution < -0.4 is 10.2 Å². The van der Waals surface area contributed by atoms with Crippen molar-refractivity contribution in [1.82, 2.24) is 9.88 Å². The highest BCUT2D eigenvalue weighted by molar-refractivity contribution is 7.80. The number of non-ortho nitro benzene ring substituents is 1. The van der Waals surface area contributed by atoms with Gasteiger partial charge in [-0.15, -0.1) is 0 Å². The molecule has 1 fully saturated rings. The van der Waals surface area contributed by atoms with Crippen molar-refractivity contribution in [2.45, 2.75) is 6.92 Å². The number of nitro groups is 1. The third-order valence-corrected chi connectivity index (χ3v) is 4.48. The van der Waals surface area contributed by atoms with Gasteiger partial charge in [0.05, 0.1) is 4.92 Å². The quantitative estimate of drug-likeness (QED) is 0.514. The van der Waals surface area contributed by atoms with Gasteiger partial charge < -0.3 is 15.1 Å². The summed E-state index contributed by atoms with van der Waals surface area (Å²) in [5.41, 5.74) is 2.10. The Balaban J connectivity index is 1.59. The van der Waals surface area contributed by atoms with E-state index in [2.05, 4.69) is 20.1 Å². The Morgan fingerprint density at radius 3 is 2.68 bits per heavy atom. The molecule has 8 heteroatoms. The molecule has 2 aromatic rings. The number of nitrogens with one attached hydrogen (secondary N) is 1. The molecule has 0 radical (unpaired) electrons. The zero-order chi connectivity index (χ0) is 17.8. The van der Waals surface area contributed by atoms with Crippen molar-refractivity contribution in [3.63, 3.8) is 0 Å². The largest absolute Gasteiger partial charge is 0.368 e. The lowest BCUT2D eigenvalue weighted by atomic mass is 10.2. The van der Waals surface area contributed by atoms with Crippen LogP contribution in [0.15, 0.2) is 42.6 Å². The molecule has 1 aliphatic rings. The lowest BCUT2D eigenvalue weighted by Gasteiger charge is -2.37. The summed E-state index contributed by atoms with van der Waals surface area (Å²) in [5.74, 6) is 0.742. The number of nitro benzene ring substituents is 1. The molecule has 7 nitrogen and oxygen atoms in total. The number of aromatic nitrogens is 1. The smallest absolute Gasteiger partial charge is 0.271 e. The van der Waals surface area contributed by atoms with Crippen LogP contribution in [0.3, 0.4) is 0 Å². The predicted octanol–water partition coefficient (Wildman–Crippen LogP) is 2.82. The van der Waals surface area contributed by atoms with Crippen LogP contribution in [0.2, 0.25) is 0 Å². The first-order chi connectivity index (χ1) is 12.0. The molecule has 1 aromatic carbocycles. The number of rotatable bonds is 3. The van der Waals surface area contributed by atoms with Gasteiger partial charge in [0.2, 0.25) is 0 Å². The maximum absolute atomic E-state index is 10.9. The molecule has 1 aliphatic heterocycles. The third kappa shape index (κ3) is 4.21. The molecule has 2 heterocycles. The minimum atomic E-state index is -0.367. The summed E-state index contributed by atoms with van der Waals surface area (Å²) in [6, 6.07) is 10.6. The molecule has 0 amide bonds. The fourth-order valence-electron chi connectivity index (χ4n) is 2.76. The summed E-state index contributed by atoms with van der Waals surface area (Å²) in [6.45, 7) is 5.02. The minimum Gasteiger partial charge on any atom is -0.368 e. The summed E-state index contributed by atoms with van der Waals surface area (Å²) < 4.78 is 0. The van der Waals surface area contributed by atoms with Crippen molar-refractivity contribution >= 4 is 34.5 Å². The zero-order valence-electron chi connectivity index (χ0n) is 13.9. The Morgan fingerprint density at radius 2 is 2.00 bits per heavy atom. The van der Waals surface area contributed by atoms with Crippen LogP contribution in [-0.4, -0.2) is 46.1 Å². The first kappa shape index (κ1) is 17.1. The maximum atomic E-state index is 10.9. The average Bonchev–Trinajstić information content (AvgIpc) is 2.62. The number of benzene rings is 1. The molecule has 130 valence electrons. The fraction of sp³-hybridized carbons (Fsp3) is 0.294. The number of anilines is 2. The molecule has 3 rings (SSSR count). The summed E-state index contributed by atoms with van der Waals surface area (Å²) in [4.78, 5) is 19.0. The second-order valence-corrected chi connectivity index (χ2v) is 6.29. The molecule has 0 spiro atoms. The second kappa shape index (κ2) is 7.43. The van der Waals surface area contributed by atoms with Crippen molar-refractivity contribution in [1.29, 1.82) is 0 Å². The number of hydrogen-bond donors (Lipinski definition) is 1. The Bertz CT molecular complexity index is 790. The van der Waals surface area contributed by atoms with Gasteiger partial charge in [0.15, 0.2) is 5.11 Å². The molecule has 0 aliphatic carbocycles. The molecule has 1 N–H and O–H groups in total. The summed E-state index contributed by atoms with van der Waals surface area (Å²) in [5, 5.41) is 14.7. The van der Waals surface area contributed by atoms with E-state index < -0.39 is 0 Å². The van der Waals surface area contributed by atoms with E-state index >= 15 is 0 Å². The van der Waals surface area contributed by atoms with Gasteiger partial charge in [-0.05, 0) is 42.9 Å². The topological polar surface area (TPSA) is 74.5 Å². The second-order valence-electron chi connectivity index (χ2n) is 5.90. The third-order valence-electron chi connectivity index (χ3n) is 4.12. The highest BCUT2D eigenvalue weighted by Gasteiger charge is 2.20. The van der Waals surface area contributed by atoms with Crippen molar-refractivity contribution in [2.75, 3.05) is 36.4 Å². The molecule has 25 heavy (non-hydrogen) atoms. The van der Waals surface area contributed by atoms with Crippen LogP contribution in [0, 0.1) is 17.0 Å². The van der Waals surface area contributed by atoms with E-state index in [1.54, 1.807) is 18.3 Å². The van der Waals surface area contributed by atoms with E-state index in [-0.39, 0.29) is 10.6 Å². The SMILES string of the molecule is Cc1ccnc(NC(=S)N2CCN(c3cccc([N+](=O)[O-])c3)CC2)c1. The number of pyridine rings is 1. The number of nitrogens with zero attached hydrogens (tertiary/aromatic N) is 4. The molecular weight excluding hydrogens is 338 g/mol. The van der Waals surface area contributed by atoms with Gasteiger partial charge in [-0.2, -0.15) is 0 Å². The summed E-state index contributed by atoms with van der Waals surface area (Å²) in [6.07, 6.45) is 1.75. The zero-order valence-corrected chi connectivity index (χ0v) is 14.7. The molecule has 0 atom stereocenters. The van der Waals surface area contributed by atoms with Gasteiger partial charge in [0.1, 0.15) is 5.82 Å². The summed E-state index contributed by atoms with van der Waals surface area (Å²) >= 11 is 5.48. The fourth-order valence-corrected chi connectivity index (χ4v) is 3.05. The lowest BCUT2D eigenvalue weighted by Crippen LogP contribution is -2.50. The van der Waals surface area contributed by atoms with Gasteiger partial charge in [-0.3, -0.25) is 10.1 Å². The van der Waals surface area contributed by atoms with Crippen LogP contribution >= 0.6 is 12.2 Å². The Labute approximate surface area is 151 Å². The maximum Gasteiger partial charge on any atom is 0.271 e. The molecule has 0 bridgehead atoms. The molecular formula is C17H19N5O2S. The molecule has 0 unspecified atom stereocenters. The van der Waals surface area contributed by atoms with Crippen LogP contribution in [0.25, 0.3) is 0 Å². The standard InChI is InChI=1S/C17H19N5O2S/c1-13-5-6-18-16(11-13)19-17(25)21-9-7-20(8-10-21)14-3-2-4-15(12-14)22(23)24/h2-6,11-12H,7-10H2,1H3,(H,18,19,25). The Morgan fingerprint density at radius 1 is 1.24 bits per heavy atom. The number of thiocarbonyl (C=S) groups is 1. The minimum absolute atomic E-state index is 0.114. The van der Waals surface area contributed by atoms with Gasteiger partial charge in [-0.1, -0.05) is 6.07 Å². The van der Waals surface area contributed by atoms with Gasteiger partial charge in [0, 0.05) is 50.2 Å². The van der Waals surface area contributed by atoms with Gasteiger partial charge in [-0.25, -0.2) is 4.98 Å². The average molecular weight is 357 g/mol. The van der Waals surface area contributed by atoms with E-state index in [0.717, 1.165) is 43.2 Å². The summed E-state index contributed by atoms with van der Waals surface area (Å²) in [7, 11) is 0. The monoisotopic (exact) mass is 357 g/mol. The lowest BCUT2D eigenvalue weighted by molar-refractivity contribution is -0.384. The van der Waals surface area contributed by atoms with E-state index in [1.807, 2.05) is 25.1 Å². The Hall–Kier alpha value is -2.74. The van der Waals surface area contributed by atoms with Gasteiger partial charge >= 0.3 is 0 Å². The Kier molecular flexibility index (Phi) is 5.08. The molecule has 0 saturated carbocycles. The highest BCUT2D eigenvalue weighted by Crippen LogP contribution is 2.22. The van der Waals surface area contributed by atoms with E-state index in [9.17, 15) is 10.1 Å². The van der Waals surface area contributed by atoms with Crippen LogP contribution in [0.4, 0.5) is 17.2 Å². The predicted molar refractivity (Wildman–Crippen MR) is 102 cm³/mol. The van der Waals surface area contributed by atoms with Crippen LogP contribution in [0.5, 0.6) is 0 Å². The molecule has 1 saturated heterocycles. The van der Waals surface area contributed by atoms with E-state index in [0.29, 0.717) is 5.11 Å². The first-order valence-electron chi connectivity index (χ1n) is 8.01. The van der Waals surface area contributed by atoms with Crippen LogP contribution in [-0.2, 0) is 0 Å². The van der Waals surface area contributed by atoms with Crippen molar-refractivity contribution in [3.05, 3.63) is 58.3 Å². The first-order valence-corrected chi connectivity index (χ1v) is 8.42. The number of aryl methyl sites for hydroxylation is 1. The van der Waals surface area contributed by atoms with Gasteiger partial charge in [0.25, 0.3) is 5.69 Å². The number of hydrogen-bond acceptors (Lipinski definition) is 5. The molecule has 1 aromatic heterocycles. The van der Waals surface area contributed by atoms with Crippen LogP contribution in [0.1, 0.15) is 5.56 Å². The van der Waals surface area contributed by atoms with E-state index in [1.165, 1.54) is 6.07 Å². The van der Waals surface area contributed by atoms with Crippen molar-refractivity contribution < 1.29 is 4.92 Å². The van der Waals surface area contributed by atoms with Crippen molar-refractivity contribution in [2.24, 2.45) is 0 Å². The highest BCUT2D eigenvalue weighted by atomic mass is 32.1. The van der Waals surface area contributed by atoms with E-state index in [4.69, 9.17) is 12.2 Å². The number of piperazine rings is 1.